The Kier molecular flexibility index (Phi) is 3.97. The fourth-order valence-electron chi connectivity index (χ4n) is 2.86. The lowest BCUT2D eigenvalue weighted by molar-refractivity contribution is -0.138. The van der Waals surface area contributed by atoms with Gasteiger partial charge in [-0.05, 0) is 31.5 Å². The summed E-state index contributed by atoms with van der Waals surface area (Å²) >= 11 is 0. The van der Waals surface area contributed by atoms with Crippen LogP contribution in [0.5, 0.6) is 0 Å². The number of anilines is 1. The van der Waals surface area contributed by atoms with E-state index in [0.29, 0.717) is 12.2 Å². The molecule has 4 aromatic rings. The van der Waals surface area contributed by atoms with Gasteiger partial charge in [-0.2, -0.15) is 18.2 Å². The van der Waals surface area contributed by atoms with Crippen molar-refractivity contribution in [2.75, 3.05) is 5.32 Å². The number of benzene rings is 1. The van der Waals surface area contributed by atoms with Gasteiger partial charge in [0, 0.05) is 29.9 Å². The normalized spacial score (nSPS) is 13.4. The Balaban J connectivity index is 1.71. The minimum absolute atomic E-state index is 0.0792. The number of aromatic nitrogens is 6. The van der Waals surface area contributed by atoms with Crippen LogP contribution in [0.2, 0.25) is 0 Å². The molecular weight excluding hydrogens is 359 g/mol. The van der Waals surface area contributed by atoms with Crippen LogP contribution in [0.15, 0.2) is 30.6 Å². The number of fused-ring (bicyclic) bond motifs is 2. The van der Waals surface area contributed by atoms with E-state index in [1.165, 1.54) is 6.20 Å². The average molecular weight is 375 g/mol. The first kappa shape index (κ1) is 17.3. The van der Waals surface area contributed by atoms with Crippen LogP contribution >= 0.6 is 0 Å². The molecule has 1 atom stereocenters. The fourth-order valence-corrected chi connectivity index (χ4v) is 2.86. The average Bonchev–Trinajstić information content (AvgIpc) is 3.23. The molecule has 10 heteroatoms. The first-order chi connectivity index (χ1) is 12.9. The number of hydrogen-bond donors (Lipinski definition) is 2. The number of nitrogens with zero attached hydrogens (tertiary/aromatic N) is 5. The maximum atomic E-state index is 12.7. The number of aromatic amines is 1. The summed E-state index contributed by atoms with van der Waals surface area (Å²) in [6, 6.07) is 4.02. The summed E-state index contributed by atoms with van der Waals surface area (Å²) in [4.78, 5) is 11.2. The summed E-state index contributed by atoms with van der Waals surface area (Å²) in [5.74, 6) is -0.0792. The number of aryl methyl sites for hydroxylation is 1. The summed E-state index contributed by atoms with van der Waals surface area (Å²) in [7, 11) is 0. The van der Waals surface area contributed by atoms with Crippen molar-refractivity contribution >= 4 is 28.0 Å². The zero-order chi connectivity index (χ0) is 19.2. The molecule has 140 valence electrons. The molecule has 7 nitrogen and oxygen atoms in total. The molecule has 1 unspecified atom stereocenters. The summed E-state index contributed by atoms with van der Waals surface area (Å²) in [5, 5.41) is 11.2. The predicted octanol–water partition coefficient (Wildman–Crippen LogP) is 3.75. The van der Waals surface area contributed by atoms with E-state index >= 15 is 0 Å². The lowest BCUT2D eigenvalue weighted by atomic mass is 10.1. The standard InChI is InChI=1S/C17H16F3N7/c1-3-27-14-6-10(4-5-13(14)25-26-27)11-7-21-15-12(11)8-22-16(24-15)23-9(2)17(18,19)20/h4-9H,3H2,1-2H3,(H2,21,22,23,24). The third-order valence-corrected chi connectivity index (χ3v) is 4.39. The van der Waals surface area contributed by atoms with Gasteiger partial charge in [0.05, 0.1) is 5.52 Å². The molecular formula is C17H16F3N7. The van der Waals surface area contributed by atoms with E-state index in [4.69, 9.17) is 0 Å². The quantitative estimate of drug-likeness (QED) is 0.567. The number of hydrogen-bond acceptors (Lipinski definition) is 5. The molecule has 0 radical (unpaired) electrons. The first-order valence-electron chi connectivity index (χ1n) is 8.38. The van der Waals surface area contributed by atoms with Crippen molar-refractivity contribution in [2.24, 2.45) is 0 Å². The molecule has 27 heavy (non-hydrogen) atoms. The Morgan fingerprint density at radius 1 is 1.30 bits per heavy atom. The van der Waals surface area contributed by atoms with Crippen LogP contribution in [0.25, 0.3) is 33.2 Å². The zero-order valence-corrected chi connectivity index (χ0v) is 14.5. The van der Waals surface area contributed by atoms with Crippen LogP contribution in [0, 0.1) is 0 Å². The maximum absolute atomic E-state index is 12.7. The van der Waals surface area contributed by atoms with Crippen molar-refractivity contribution in [3.63, 3.8) is 0 Å². The van der Waals surface area contributed by atoms with Crippen LogP contribution in [0.1, 0.15) is 13.8 Å². The largest absolute Gasteiger partial charge is 0.408 e. The highest BCUT2D eigenvalue weighted by Crippen LogP contribution is 2.30. The number of alkyl halides is 3. The molecule has 0 fully saturated rings. The smallest absolute Gasteiger partial charge is 0.345 e. The minimum Gasteiger partial charge on any atom is -0.345 e. The van der Waals surface area contributed by atoms with E-state index in [1.54, 1.807) is 10.9 Å². The van der Waals surface area contributed by atoms with E-state index in [-0.39, 0.29) is 5.95 Å². The van der Waals surface area contributed by atoms with Gasteiger partial charge in [0.15, 0.2) is 0 Å². The van der Waals surface area contributed by atoms with E-state index in [2.05, 4.69) is 30.6 Å². The molecule has 4 rings (SSSR count). The predicted molar refractivity (Wildman–Crippen MR) is 95.2 cm³/mol. The van der Waals surface area contributed by atoms with Crippen molar-refractivity contribution < 1.29 is 13.2 Å². The molecule has 2 N–H and O–H groups in total. The third-order valence-electron chi connectivity index (χ3n) is 4.39. The van der Waals surface area contributed by atoms with Gasteiger partial charge in [0.1, 0.15) is 17.2 Å². The molecule has 1 aromatic carbocycles. The van der Waals surface area contributed by atoms with Crippen LogP contribution in [-0.2, 0) is 6.54 Å². The third kappa shape index (κ3) is 3.07. The molecule has 3 heterocycles. The van der Waals surface area contributed by atoms with Crippen LogP contribution < -0.4 is 5.32 Å². The molecule has 0 aliphatic rings. The highest BCUT2D eigenvalue weighted by Gasteiger charge is 2.36. The van der Waals surface area contributed by atoms with Crippen LogP contribution in [-0.4, -0.2) is 42.2 Å². The molecule has 0 spiro atoms. The van der Waals surface area contributed by atoms with Gasteiger partial charge in [-0.15, -0.1) is 5.10 Å². The summed E-state index contributed by atoms with van der Waals surface area (Å²) in [5.41, 5.74) is 3.93. The lowest BCUT2D eigenvalue weighted by Gasteiger charge is -2.16. The Morgan fingerprint density at radius 3 is 2.85 bits per heavy atom. The Morgan fingerprint density at radius 2 is 2.11 bits per heavy atom. The van der Waals surface area contributed by atoms with Crippen molar-refractivity contribution in [1.29, 1.82) is 0 Å². The number of rotatable bonds is 4. The Hall–Kier alpha value is -3.17. The van der Waals surface area contributed by atoms with Crippen molar-refractivity contribution in [1.82, 2.24) is 29.9 Å². The van der Waals surface area contributed by atoms with Crippen LogP contribution in [0.3, 0.4) is 0 Å². The summed E-state index contributed by atoms with van der Waals surface area (Å²) in [6.07, 6.45) is -1.10. The minimum atomic E-state index is -4.37. The van der Waals surface area contributed by atoms with Gasteiger partial charge in [-0.1, -0.05) is 11.3 Å². The zero-order valence-electron chi connectivity index (χ0n) is 14.5. The van der Waals surface area contributed by atoms with E-state index in [0.717, 1.165) is 34.5 Å². The second-order valence-electron chi connectivity index (χ2n) is 6.17. The van der Waals surface area contributed by atoms with E-state index < -0.39 is 12.2 Å². The molecule has 0 aliphatic heterocycles. The lowest BCUT2D eigenvalue weighted by Crippen LogP contribution is -2.33. The van der Waals surface area contributed by atoms with Gasteiger partial charge in [-0.3, -0.25) is 0 Å². The monoisotopic (exact) mass is 375 g/mol. The van der Waals surface area contributed by atoms with Crippen LogP contribution in [0.4, 0.5) is 19.1 Å². The molecule has 3 aromatic heterocycles. The van der Waals surface area contributed by atoms with Crippen molar-refractivity contribution in [2.45, 2.75) is 32.6 Å². The molecule has 0 amide bonds. The second kappa shape index (κ2) is 6.22. The SMILES string of the molecule is CCn1nnc2ccc(-c3c[nH]c4nc(NC(C)C(F)(F)F)ncc34)cc21. The molecule has 0 bridgehead atoms. The maximum Gasteiger partial charge on any atom is 0.408 e. The molecule has 0 aliphatic carbocycles. The van der Waals surface area contributed by atoms with Gasteiger partial charge >= 0.3 is 6.18 Å². The number of H-pyrrole nitrogens is 1. The summed E-state index contributed by atoms with van der Waals surface area (Å²) in [6.45, 7) is 3.70. The number of halogens is 3. The van der Waals surface area contributed by atoms with Gasteiger partial charge in [0.25, 0.3) is 0 Å². The highest BCUT2D eigenvalue weighted by molar-refractivity contribution is 5.95. The van der Waals surface area contributed by atoms with Crippen molar-refractivity contribution in [3.8, 4) is 11.1 Å². The van der Waals surface area contributed by atoms with Gasteiger partial charge < -0.3 is 10.3 Å². The van der Waals surface area contributed by atoms with Gasteiger partial charge in [-0.25, -0.2) is 9.67 Å². The molecule has 0 saturated carbocycles. The Bertz CT molecular complexity index is 1110. The second-order valence-corrected chi connectivity index (χ2v) is 6.17. The highest BCUT2D eigenvalue weighted by atomic mass is 19.4. The van der Waals surface area contributed by atoms with E-state index in [9.17, 15) is 13.2 Å². The molecule has 0 saturated heterocycles. The van der Waals surface area contributed by atoms with E-state index in [1.807, 2.05) is 25.1 Å². The topological polar surface area (TPSA) is 84.3 Å². The van der Waals surface area contributed by atoms with Crippen molar-refractivity contribution in [3.05, 3.63) is 30.6 Å². The summed E-state index contributed by atoms with van der Waals surface area (Å²) < 4.78 is 39.9. The Labute approximate surface area is 151 Å². The van der Waals surface area contributed by atoms with Gasteiger partial charge in [0.2, 0.25) is 5.95 Å². The first-order valence-corrected chi connectivity index (χ1v) is 8.38. The fraction of sp³-hybridized carbons (Fsp3) is 0.294. The number of nitrogens with one attached hydrogen (secondary N) is 2.